The van der Waals surface area contributed by atoms with Crippen LogP contribution in [0.1, 0.15) is 41.9 Å². The fourth-order valence-corrected chi connectivity index (χ4v) is 5.66. The van der Waals surface area contributed by atoms with E-state index in [1.54, 1.807) is 36.9 Å². The molecule has 2 aromatic heterocycles. The molecule has 0 unspecified atom stereocenters. The van der Waals surface area contributed by atoms with Crippen LogP contribution in [0.15, 0.2) is 63.8 Å². The Morgan fingerprint density at radius 3 is 2.67 bits per heavy atom. The van der Waals surface area contributed by atoms with Gasteiger partial charge in [-0.1, -0.05) is 30.2 Å². The van der Waals surface area contributed by atoms with Crippen molar-refractivity contribution in [2.24, 2.45) is 10.2 Å². The Labute approximate surface area is 237 Å². The van der Waals surface area contributed by atoms with E-state index in [0.29, 0.717) is 58.3 Å². The first-order chi connectivity index (χ1) is 18.7. The van der Waals surface area contributed by atoms with E-state index in [2.05, 4.69) is 27.7 Å². The summed E-state index contributed by atoms with van der Waals surface area (Å²) < 4.78 is 0.939. The van der Waals surface area contributed by atoms with E-state index in [4.69, 9.17) is 18.0 Å². The summed E-state index contributed by atoms with van der Waals surface area (Å²) >= 11 is 7.92. The highest BCUT2D eigenvalue weighted by atomic mass is 35.5. The molecule has 7 nitrogen and oxygen atoms in total. The number of likely N-dealkylation sites (N-methyl/N-ethyl adjacent to an activating group) is 1. The highest BCUT2D eigenvalue weighted by molar-refractivity contribution is 7.18. The molecule has 9 heteroatoms. The number of benzene rings is 1. The van der Waals surface area contributed by atoms with Crippen molar-refractivity contribution in [1.82, 2.24) is 14.8 Å². The van der Waals surface area contributed by atoms with Crippen molar-refractivity contribution in [3.63, 3.8) is 0 Å². The van der Waals surface area contributed by atoms with Gasteiger partial charge in [0.1, 0.15) is 5.84 Å². The fraction of sp³-hybridized carbons (Fsp3) is 0.233. The summed E-state index contributed by atoms with van der Waals surface area (Å²) in [6, 6.07) is 7.83. The molecule has 198 valence electrons. The standard InChI is InChI=1S/C30H28ClN5O2S/c1-7-24-19(4)30(38)36(20(5)33-34-29(24)35(6)8-2)13-9-10-21-11-12-23(31)15-25(21)26-14-18(3)32-27-22(16-37)17-39-28(26)27/h1,8,11-12,14-17H,2,9-10,13H2,3-6H3/b24-19+,33-20-,34-29+. The van der Waals surface area contributed by atoms with E-state index in [-0.39, 0.29) is 5.91 Å². The highest BCUT2D eigenvalue weighted by Gasteiger charge is 2.25. The maximum Gasteiger partial charge on any atom is 0.256 e. The third-order valence-corrected chi connectivity index (χ3v) is 7.85. The summed E-state index contributed by atoms with van der Waals surface area (Å²) in [4.78, 5) is 32.9. The number of hydrogen-bond acceptors (Lipinski definition) is 7. The van der Waals surface area contributed by atoms with Crippen LogP contribution in [0.5, 0.6) is 0 Å². The van der Waals surface area contributed by atoms with Crippen LogP contribution in [-0.4, -0.2) is 52.2 Å². The number of halogens is 1. The Hall–Kier alpha value is -4.06. The molecule has 3 aromatic rings. The van der Waals surface area contributed by atoms with E-state index in [1.807, 2.05) is 36.6 Å². The summed E-state index contributed by atoms with van der Waals surface area (Å²) in [5.41, 5.74) is 5.93. The number of amides is 1. The van der Waals surface area contributed by atoms with Gasteiger partial charge in [-0.05, 0) is 69.1 Å². The van der Waals surface area contributed by atoms with Gasteiger partial charge in [0.15, 0.2) is 12.1 Å². The molecule has 0 fully saturated rings. The first-order valence-corrected chi connectivity index (χ1v) is 13.6. The van der Waals surface area contributed by atoms with E-state index in [9.17, 15) is 9.59 Å². The first-order valence-electron chi connectivity index (χ1n) is 12.3. The van der Waals surface area contributed by atoms with Gasteiger partial charge < -0.3 is 4.90 Å². The Morgan fingerprint density at radius 1 is 1.21 bits per heavy atom. The number of aromatic nitrogens is 1. The van der Waals surface area contributed by atoms with Crippen LogP contribution in [0.4, 0.5) is 0 Å². The lowest BCUT2D eigenvalue weighted by Gasteiger charge is -2.26. The van der Waals surface area contributed by atoms with Gasteiger partial charge in [0.2, 0.25) is 0 Å². The number of carbonyl (C=O) groups excluding carboxylic acids is 2. The van der Waals surface area contributed by atoms with Crippen molar-refractivity contribution in [2.75, 3.05) is 13.6 Å². The van der Waals surface area contributed by atoms with E-state index < -0.39 is 0 Å². The molecule has 0 spiro atoms. The summed E-state index contributed by atoms with van der Waals surface area (Å²) in [5, 5.41) is 11.1. The van der Waals surface area contributed by atoms with Crippen molar-refractivity contribution in [1.29, 1.82) is 0 Å². The first kappa shape index (κ1) is 28.0. The Morgan fingerprint density at radius 2 is 1.97 bits per heavy atom. The van der Waals surface area contributed by atoms with Crippen LogP contribution in [-0.2, 0) is 11.2 Å². The van der Waals surface area contributed by atoms with Crippen molar-refractivity contribution in [3.05, 3.63) is 75.4 Å². The minimum atomic E-state index is -0.211. The van der Waals surface area contributed by atoms with Gasteiger partial charge in [-0.25, -0.2) is 0 Å². The van der Waals surface area contributed by atoms with Crippen LogP contribution in [0.25, 0.3) is 21.3 Å². The number of carbonyl (C=O) groups is 2. The third-order valence-electron chi connectivity index (χ3n) is 6.59. The molecular weight excluding hydrogens is 530 g/mol. The normalized spacial score (nSPS) is 18.5. The molecule has 39 heavy (non-hydrogen) atoms. The molecule has 0 aliphatic carbocycles. The van der Waals surface area contributed by atoms with Crippen LogP contribution >= 0.6 is 22.9 Å². The molecule has 0 saturated carbocycles. The molecule has 0 bridgehead atoms. The highest BCUT2D eigenvalue weighted by Crippen LogP contribution is 2.37. The minimum absolute atomic E-state index is 0.211. The van der Waals surface area contributed by atoms with E-state index in [0.717, 1.165) is 33.4 Å². The smallest absolute Gasteiger partial charge is 0.256 e. The summed E-state index contributed by atoms with van der Waals surface area (Å²) in [6.45, 7) is 9.55. The van der Waals surface area contributed by atoms with Crippen LogP contribution in [0, 0.1) is 19.3 Å². The molecular formula is C30H28ClN5O2S. The molecule has 0 radical (unpaired) electrons. The topological polar surface area (TPSA) is 78.2 Å². The Bertz CT molecular complexity index is 1630. The van der Waals surface area contributed by atoms with Crippen LogP contribution in [0.2, 0.25) is 5.02 Å². The zero-order valence-corrected chi connectivity index (χ0v) is 23.9. The van der Waals surface area contributed by atoms with Gasteiger partial charge in [0.05, 0.1) is 21.4 Å². The van der Waals surface area contributed by atoms with Crippen molar-refractivity contribution in [3.8, 4) is 23.5 Å². The number of aldehydes is 1. The number of terminal acetylenes is 1. The number of fused-ring (bicyclic) bond motifs is 1. The molecule has 1 aliphatic rings. The number of thiophene rings is 1. The number of aryl methyl sites for hydroxylation is 2. The van der Waals surface area contributed by atoms with Gasteiger partial charge in [-0.2, -0.15) is 0 Å². The van der Waals surface area contributed by atoms with Crippen LogP contribution in [0.3, 0.4) is 0 Å². The van der Waals surface area contributed by atoms with Gasteiger partial charge >= 0.3 is 0 Å². The van der Waals surface area contributed by atoms with Gasteiger partial charge in [0, 0.05) is 40.8 Å². The monoisotopic (exact) mass is 557 g/mol. The number of rotatable bonds is 7. The molecule has 1 aliphatic heterocycles. The number of pyridine rings is 1. The molecule has 1 amide bonds. The Kier molecular flexibility index (Phi) is 8.44. The second-order valence-corrected chi connectivity index (χ2v) is 10.5. The lowest BCUT2D eigenvalue weighted by molar-refractivity contribution is -0.123. The SMILES string of the molecule is C#CC1=C(/C)C(=O)N(CCCc2ccc(Cl)cc2-c2cc(C)nc3c(C=O)csc23)\C(C)=N/N=C\1N(C)C=C. The van der Waals surface area contributed by atoms with E-state index >= 15 is 0 Å². The molecule has 4 rings (SSSR count). The quantitative estimate of drug-likeness (QED) is 0.253. The molecule has 0 N–H and O–H groups in total. The molecule has 0 saturated heterocycles. The summed E-state index contributed by atoms with van der Waals surface area (Å²) in [7, 11) is 1.75. The number of nitrogens with zero attached hydrogens (tertiary/aromatic N) is 5. The number of hydrogen-bond donors (Lipinski definition) is 0. The van der Waals surface area contributed by atoms with E-state index in [1.165, 1.54) is 11.3 Å². The predicted molar refractivity (Wildman–Crippen MR) is 160 cm³/mol. The zero-order chi connectivity index (χ0) is 28.3. The summed E-state index contributed by atoms with van der Waals surface area (Å²) in [5.74, 6) is 3.26. The predicted octanol–water partition coefficient (Wildman–Crippen LogP) is 6.27. The van der Waals surface area contributed by atoms with Crippen molar-refractivity contribution in [2.45, 2.75) is 33.6 Å². The average molecular weight is 558 g/mol. The van der Waals surface area contributed by atoms with Gasteiger partial charge in [-0.3, -0.25) is 19.5 Å². The fourth-order valence-electron chi connectivity index (χ4n) is 4.50. The number of amidine groups is 2. The second-order valence-electron chi connectivity index (χ2n) is 9.17. The third kappa shape index (κ3) is 5.56. The minimum Gasteiger partial charge on any atom is -0.334 e. The zero-order valence-electron chi connectivity index (χ0n) is 22.3. The van der Waals surface area contributed by atoms with Crippen molar-refractivity contribution < 1.29 is 9.59 Å². The summed E-state index contributed by atoms with van der Waals surface area (Å²) in [6.07, 6.45) is 9.50. The van der Waals surface area contributed by atoms with Gasteiger partial charge in [0.25, 0.3) is 5.91 Å². The van der Waals surface area contributed by atoms with Gasteiger partial charge in [-0.15, -0.1) is 28.0 Å². The largest absolute Gasteiger partial charge is 0.334 e. The molecule has 0 atom stereocenters. The molecule has 3 heterocycles. The lowest BCUT2D eigenvalue weighted by atomic mass is 9.96. The maximum absolute atomic E-state index is 13.5. The Balaban J connectivity index is 1.65. The second kappa shape index (κ2) is 11.8. The average Bonchev–Trinajstić information content (AvgIpc) is 3.34. The lowest BCUT2D eigenvalue weighted by Crippen LogP contribution is -2.39. The van der Waals surface area contributed by atoms with Crippen LogP contribution < -0.4 is 0 Å². The van der Waals surface area contributed by atoms with Crippen molar-refractivity contribution >= 4 is 57.0 Å². The maximum atomic E-state index is 13.5. The molecule has 1 aromatic carbocycles.